The van der Waals surface area contributed by atoms with Gasteiger partial charge >= 0.3 is 0 Å². The Hall–Kier alpha value is -1.29. The van der Waals surface area contributed by atoms with Crippen molar-refractivity contribution in [3.8, 4) is 0 Å². The van der Waals surface area contributed by atoms with Crippen molar-refractivity contribution in [3.63, 3.8) is 0 Å². The first kappa shape index (κ1) is 14.6. The zero-order valence-electron chi connectivity index (χ0n) is 13.0. The fourth-order valence-corrected chi connectivity index (χ4v) is 3.66. The molecule has 2 saturated heterocycles. The molecule has 116 valence electrons. The van der Waals surface area contributed by atoms with E-state index in [2.05, 4.69) is 14.8 Å². The largest absolute Gasteiger partial charge is 0.396 e. The van der Waals surface area contributed by atoms with Gasteiger partial charge in [0.1, 0.15) is 0 Å². The van der Waals surface area contributed by atoms with Crippen LogP contribution in [-0.4, -0.2) is 42.6 Å². The molecule has 1 aromatic heterocycles. The molecule has 0 bridgehead atoms. The lowest BCUT2D eigenvalue weighted by molar-refractivity contribution is 0.205. The molecule has 0 aromatic carbocycles. The molecule has 2 N–H and O–H groups in total. The lowest BCUT2D eigenvalue weighted by Gasteiger charge is -2.35. The number of anilines is 2. The van der Waals surface area contributed by atoms with Gasteiger partial charge in [-0.25, -0.2) is 4.98 Å². The minimum Gasteiger partial charge on any atom is -0.396 e. The van der Waals surface area contributed by atoms with Crippen LogP contribution in [-0.2, 0) is 0 Å². The fourth-order valence-electron chi connectivity index (χ4n) is 3.66. The van der Waals surface area contributed by atoms with Gasteiger partial charge in [0.15, 0.2) is 5.82 Å². The van der Waals surface area contributed by atoms with Gasteiger partial charge in [0, 0.05) is 19.3 Å². The molecule has 0 atom stereocenters. The van der Waals surface area contributed by atoms with Crippen molar-refractivity contribution in [2.45, 2.75) is 38.5 Å². The highest BCUT2D eigenvalue weighted by Crippen LogP contribution is 2.27. The first-order valence-electron chi connectivity index (χ1n) is 8.51. The van der Waals surface area contributed by atoms with E-state index >= 15 is 0 Å². The number of nitrogens with two attached hydrogens (primary N) is 1. The maximum atomic E-state index is 6.03. The van der Waals surface area contributed by atoms with Gasteiger partial charge in [0.05, 0.1) is 5.69 Å². The van der Waals surface area contributed by atoms with Crippen molar-refractivity contribution in [2.75, 3.05) is 43.4 Å². The van der Waals surface area contributed by atoms with Crippen molar-refractivity contribution < 1.29 is 0 Å². The van der Waals surface area contributed by atoms with Gasteiger partial charge in [-0.15, -0.1) is 0 Å². The molecule has 0 saturated carbocycles. The number of likely N-dealkylation sites (tertiary alicyclic amines) is 1. The second-order valence-corrected chi connectivity index (χ2v) is 6.54. The summed E-state index contributed by atoms with van der Waals surface area (Å²) in [6.45, 7) is 6.15. The average Bonchev–Trinajstić information content (AvgIpc) is 2.55. The number of nitrogens with zero attached hydrogens (tertiary/aromatic N) is 3. The van der Waals surface area contributed by atoms with E-state index in [1.807, 2.05) is 18.3 Å². The summed E-state index contributed by atoms with van der Waals surface area (Å²) in [5.41, 5.74) is 6.84. The van der Waals surface area contributed by atoms with Crippen LogP contribution in [0.2, 0.25) is 0 Å². The predicted octanol–water partition coefficient (Wildman–Crippen LogP) is 2.76. The van der Waals surface area contributed by atoms with Crippen LogP contribution in [0.3, 0.4) is 0 Å². The zero-order chi connectivity index (χ0) is 14.5. The fraction of sp³-hybridized carbons (Fsp3) is 0.706. The zero-order valence-corrected chi connectivity index (χ0v) is 13.0. The van der Waals surface area contributed by atoms with Crippen molar-refractivity contribution >= 4 is 11.5 Å². The van der Waals surface area contributed by atoms with E-state index < -0.39 is 0 Å². The third-order valence-electron chi connectivity index (χ3n) is 5.03. The molecule has 0 unspecified atom stereocenters. The minimum atomic E-state index is 0.810. The SMILES string of the molecule is Nc1cccnc1N1CCC(CCN2CCCCC2)CC1. The first-order valence-corrected chi connectivity index (χ1v) is 8.51. The molecule has 2 aliphatic rings. The Bertz CT molecular complexity index is 434. The van der Waals surface area contributed by atoms with Gasteiger partial charge in [-0.05, 0) is 69.8 Å². The molecule has 4 nitrogen and oxygen atoms in total. The molecule has 0 radical (unpaired) electrons. The van der Waals surface area contributed by atoms with Crippen LogP contribution in [0.4, 0.5) is 11.5 Å². The van der Waals surface area contributed by atoms with E-state index in [0.717, 1.165) is 30.5 Å². The van der Waals surface area contributed by atoms with Crippen LogP contribution in [0.1, 0.15) is 38.5 Å². The molecule has 4 heteroatoms. The van der Waals surface area contributed by atoms with Gasteiger partial charge < -0.3 is 15.5 Å². The Morgan fingerprint density at radius 2 is 1.86 bits per heavy atom. The molecular formula is C17H28N4. The summed E-state index contributed by atoms with van der Waals surface area (Å²) in [5.74, 6) is 1.86. The molecule has 0 amide bonds. The summed E-state index contributed by atoms with van der Waals surface area (Å²) >= 11 is 0. The van der Waals surface area contributed by atoms with Crippen LogP contribution in [0.15, 0.2) is 18.3 Å². The first-order chi connectivity index (χ1) is 10.3. The van der Waals surface area contributed by atoms with E-state index in [9.17, 15) is 0 Å². The molecule has 3 heterocycles. The third kappa shape index (κ3) is 3.88. The van der Waals surface area contributed by atoms with Gasteiger partial charge in [-0.1, -0.05) is 6.42 Å². The number of hydrogen-bond donors (Lipinski definition) is 1. The Balaban J connectivity index is 1.43. The van der Waals surface area contributed by atoms with E-state index in [1.165, 1.54) is 58.2 Å². The summed E-state index contributed by atoms with van der Waals surface area (Å²) in [4.78, 5) is 9.45. The second kappa shape index (κ2) is 7.12. The number of aromatic nitrogens is 1. The summed E-state index contributed by atoms with van der Waals surface area (Å²) < 4.78 is 0. The lowest BCUT2D eigenvalue weighted by Crippen LogP contribution is -2.37. The van der Waals surface area contributed by atoms with Crippen LogP contribution in [0, 0.1) is 5.92 Å². The topological polar surface area (TPSA) is 45.4 Å². The van der Waals surface area contributed by atoms with Crippen LogP contribution in [0.25, 0.3) is 0 Å². The summed E-state index contributed by atoms with van der Waals surface area (Å²) in [6.07, 6.45) is 10.0. The molecule has 0 spiro atoms. The molecule has 2 fully saturated rings. The average molecular weight is 288 g/mol. The van der Waals surface area contributed by atoms with E-state index in [1.54, 1.807) is 0 Å². The Morgan fingerprint density at radius 1 is 1.10 bits per heavy atom. The Kier molecular flexibility index (Phi) is 4.96. The molecule has 3 rings (SSSR count). The van der Waals surface area contributed by atoms with E-state index in [0.29, 0.717) is 0 Å². The quantitative estimate of drug-likeness (QED) is 0.925. The summed E-state index contributed by atoms with van der Waals surface area (Å²) in [5, 5.41) is 0. The molecular weight excluding hydrogens is 260 g/mol. The van der Waals surface area contributed by atoms with Gasteiger partial charge in [0.25, 0.3) is 0 Å². The second-order valence-electron chi connectivity index (χ2n) is 6.54. The number of rotatable bonds is 4. The smallest absolute Gasteiger partial charge is 0.151 e. The minimum absolute atomic E-state index is 0.810. The Morgan fingerprint density at radius 3 is 2.57 bits per heavy atom. The van der Waals surface area contributed by atoms with E-state index in [4.69, 9.17) is 5.73 Å². The molecule has 0 aliphatic carbocycles. The molecule has 1 aromatic rings. The van der Waals surface area contributed by atoms with Gasteiger partial charge in [0.2, 0.25) is 0 Å². The molecule has 2 aliphatic heterocycles. The predicted molar refractivity (Wildman–Crippen MR) is 88.5 cm³/mol. The number of pyridine rings is 1. The van der Waals surface area contributed by atoms with Crippen LogP contribution >= 0.6 is 0 Å². The Labute approximate surface area is 128 Å². The standard InChI is InChI=1S/C17H28N4/c18-16-5-4-9-19-17(16)21-13-7-15(8-14-21)6-12-20-10-2-1-3-11-20/h4-5,9,15H,1-3,6-8,10-14,18H2. The maximum Gasteiger partial charge on any atom is 0.151 e. The van der Waals surface area contributed by atoms with E-state index in [-0.39, 0.29) is 0 Å². The normalized spacial score (nSPS) is 21.6. The van der Waals surface area contributed by atoms with Crippen molar-refractivity contribution in [3.05, 3.63) is 18.3 Å². The molecule has 21 heavy (non-hydrogen) atoms. The monoisotopic (exact) mass is 288 g/mol. The highest BCUT2D eigenvalue weighted by Gasteiger charge is 2.22. The van der Waals surface area contributed by atoms with Crippen molar-refractivity contribution in [1.29, 1.82) is 0 Å². The van der Waals surface area contributed by atoms with Crippen LogP contribution < -0.4 is 10.6 Å². The maximum absolute atomic E-state index is 6.03. The highest BCUT2D eigenvalue weighted by molar-refractivity contribution is 5.62. The summed E-state index contributed by atoms with van der Waals surface area (Å²) in [7, 11) is 0. The lowest BCUT2D eigenvalue weighted by atomic mass is 9.93. The summed E-state index contributed by atoms with van der Waals surface area (Å²) in [6, 6.07) is 3.86. The number of hydrogen-bond acceptors (Lipinski definition) is 4. The highest BCUT2D eigenvalue weighted by atomic mass is 15.2. The third-order valence-corrected chi connectivity index (χ3v) is 5.03. The van der Waals surface area contributed by atoms with Crippen molar-refractivity contribution in [2.24, 2.45) is 5.92 Å². The number of nitrogen functional groups attached to an aromatic ring is 1. The number of piperidine rings is 2. The van der Waals surface area contributed by atoms with Crippen molar-refractivity contribution in [1.82, 2.24) is 9.88 Å². The van der Waals surface area contributed by atoms with Gasteiger partial charge in [-0.3, -0.25) is 0 Å². The van der Waals surface area contributed by atoms with Crippen LogP contribution in [0.5, 0.6) is 0 Å². The van der Waals surface area contributed by atoms with Gasteiger partial charge in [-0.2, -0.15) is 0 Å².